The lowest BCUT2D eigenvalue weighted by atomic mass is 9.93. The van der Waals surface area contributed by atoms with Crippen LogP contribution in [-0.2, 0) is 12.8 Å². The first-order valence-electron chi connectivity index (χ1n) is 8.55. The number of fused-ring (bicyclic) bond motifs is 1. The number of anilines is 1. The molecule has 0 N–H and O–H groups in total. The Hall–Kier alpha value is -1.31. The minimum atomic E-state index is 0.534. The van der Waals surface area contributed by atoms with Gasteiger partial charge in [0.05, 0.1) is 0 Å². The Morgan fingerprint density at radius 1 is 1.24 bits per heavy atom. The fourth-order valence-electron chi connectivity index (χ4n) is 3.21. The maximum atomic E-state index is 4.79. The van der Waals surface area contributed by atoms with E-state index >= 15 is 0 Å². The Labute approximate surface area is 130 Å². The van der Waals surface area contributed by atoms with Crippen LogP contribution in [0.4, 0.5) is 5.82 Å². The highest BCUT2D eigenvalue weighted by Gasteiger charge is 2.28. The Morgan fingerprint density at radius 2 is 2.00 bits per heavy atom. The first kappa shape index (κ1) is 16.1. The molecule has 0 spiro atoms. The molecule has 0 aromatic carbocycles. The van der Waals surface area contributed by atoms with E-state index in [0.717, 1.165) is 31.6 Å². The third-order valence-electron chi connectivity index (χ3n) is 4.87. The molecular weight excluding hydrogens is 256 g/mol. The summed E-state index contributed by atoms with van der Waals surface area (Å²) in [6.45, 7) is 13.4. The molecule has 0 fully saturated rings. The van der Waals surface area contributed by atoms with Gasteiger partial charge in [0.2, 0.25) is 0 Å². The smallest absolute Gasteiger partial charge is 0.136 e. The first-order valence-corrected chi connectivity index (χ1v) is 8.55. The average Bonchev–Trinajstić information content (AvgIpc) is 2.52. The van der Waals surface area contributed by atoms with Gasteiger partial charge in [-0.15, -0.1) is 0 Å². The molecule has 2 unspecified atom stereocenters. The molecule has 0 amide bonds. The predicted octanol–water partition coefficient (Wildman–Crippen LogP) is 5.13. The Bertz CT molecular complexity index is 492. The lowest BCUT2D eigenvalue weighted by molar-refractivity contribution is 0.428. The van der Waals surface area contributed by atoms with Crippen molar-refractivity contribution < 1.29 is 0 Å². The van der Waals surface area contributed by atoms with Crippen molar-refractivity contribution in [3.8, 4) is 0 Å². The Balaban J connectivity index is 2.32. The predicted molar refractivity (Wildman–Crippen MR) is 91.7 cm³/mol. The van der Waals surface area contributed by atoms with Gasteiger partial charge in [-0.1, -0.05) is 46.8 Å². The van der Waals surface area contributed by atoms with Crippen LogP contribution in [0.2, 0.25) is 0 Å². The van der Waals surface area contributed by atoms with Crippen LogP contribution in [0.1, 0.15) is 64.5 Å². The van der Waals surface area contributed by atoms with E-state index in [4.69, 9.17) is 4.98 Å². The van der Waals surface area contributed by atoms with Crippen molar-refractivity contribution in [2.75, 3.05) is 4.90 Å². The number of hydrogen-bond acceptors (Lipinski definition) is 2. The summed E-state index contributed by atoms with van der Waals surface area (Å²) in [6.07, 6.45) is 8.88. The Kier molecular flexibility index (Phi) is 5.44. The van der Waals surface area contributed by atoms with Crippen molar-refractivity contribution in [3.63, 3.8) is 0 Å². The molecule has 1 aromatic heterocycles. The van der Waals surface area contributed by atoms with Crippen LogP contribution >= 0.6 is 0 Å². The van der Waals surface area contributed by atoms with E-state index in [1.54, 1.807) is 0 Å². The highest BCUT2D eigenvalue weighted by Crippen LogP contribution is 2.35. The van der Waals surface area contributed by atoms with Crippen LogP contribution < -0.4 is 4.90 Å². The van der Waals surface area contributed by atoms with Crippen LogP contribution in [0.25, 0.3) is 0 Å². The van der Waals surface area contributed by atoms with Crippen molar-refractivity contribution in [1.82, 2.24) is 4.98 Å². The molecular formula is C19H30N2. The zero-order valence-corrected chi connectivity index (χ0v) is 14.2. The van der Waals surface area contributed by atoms with E-state index in [1.165, 1.54) is 35.5 Å². The fourth-order valence-corrected chi connectivity index (χ4v) is 3.21. The van der Waals surface area contributed by atoms with Crippen molar-refractivity contribution >= 4 is 5.82 Å². The van der Waals surface area contributed by atoms with Crippen LogP contribution in [-0.4, -0.2) is 11.0 Å². The SMILES string of the molecule is C=C1CCc2cc(CC)cnc2N1C(CC)CC(C)CC. The summed E-state index contributed by atoms with van der Waals surface area (Å²) in [5.41, 5.74) is 4.00. The van der Waals surface area contributed by atoms with E-state index in [0.29, 0.717) is 6.04 Å². The fraction of sp³-hybridized carbons (Fsp3) is 0.632. The van der Waals surface area contributed by atoms with Gasteiger partial charge < -0.3 is 4.90 Å². The number of aryl methyl sites for hydroxylation is 2. The number of nitrogens with zero attached hydrogens (tertiary/aromatic N) is 2. The molecule has 0 saturated heterocycles. The topological polar surface area (TPSA) is 16.1 Å². The van der Waals surface area contributed by atoms with Crippen molar-refractivity contribution in [1.29, 1.82) is 0 Å². The van der Waals surface area contributed by atoms with Gasteiger partial charge in [-0.05, 0) is 49.1 Å². The lowest BCUT2D eigenvalue weighted by Crippen LogP contribution is -2.38. The second-order valence-corrected chi connectivity index (χ2v) is 6.43. The van der Waals surface area contributed by atoms with E-state index in [-0.39, 0.29) is 0 Å². The second kappa shape index (κ2) is 7.11. The third-order valence-corrected chi connectivity index (χ3v) is 4.87. The van der Waals surface area contributed by atoms with Crippen molar-refractivity contribution in [2.24, 2.45) is 5.92 Å². The molecule has 0 aliphatic carbocycles. The number of rotatable bonds is 6. The molecule has 21 heavy (non-hydrogen) atoms. The zero-order valence-electron chi connectivity index (χ0n) is 14.2. The molecule has 116 valence electrons. The second-order valence-electron chi connectivity index (χ2n) is 6.43. The van der Waals surface area contributed by atoms with E-state index in [1.807, 2.05) is 6.20 Å². The van der Waals surface area contributed by atoms with Crippen molar-refractivity contribution in [2.45, 2.75) is 72.3 Å². The van der Waals surface area contributed by atoms with Gasteiger partial charge in [-0.2, -0.15) is 0 Å². The molecule has 0 radical (unpaired) electrons. The van der Waals surface area contributed by atoms with Gasteiger partial charge in [-0.3, -0.25) is 0 Å². The molecule has 2 atom stereocenters. The standard InChI is InChI=1S/C19H30N2/c1-6-14(4)11-18(8-3)21-15(5)9-10-17-12-16(7-2)13-20-19(17)21/h12-14,18H,5-11H2,1-4H3. The summed E-state index contributed by atoms with van der Waals surface area (Å²) >= 11 is 0. The summed E-state index contributed by atoms with van der Waals surface area (Å²) in [7, 11) is 0. The minimum absolute atomic E-state index is 0.534. The number of aromatic nitrogens is 1. The minimum Gasteiger partial charge on any atom is -0.327 e. The third kappa shape index (κ3) is 3.48. The molecule has 0 bridgehead atoms. The summed E-state index contributed by atoms with van der Waals surface area (Å²) in [5, 5.41) is 0. The maximum Gasteiger partial charge on any atom is 0.136 e. The average molecular weight is 286 g/mol. The van der Waals surface area contributed by atoms with Crippen molar-refractivity contribution in [3.05, 3.63) is 35.7 Å². The van der Waals surface area contributed by atoms with Crippen LogP contribution in [0.5, 0.6) is 0 Å². The highest BCUT2D eigenvalue weighted by molar-refractivity contribution is 5.56. The first-order chi connectivity index (χ1) is 10.1. The molecule has 1 aliphatic heterocycles. The summed E-state index contributed by atoms with van der Waals surface area (Å²) < 4.78 is 0. The lowest BCUT2D eigenvalue weighted by Gasteiger charge is -2.39. The molecule has 2 heterocycles. The van der Waals surface area contributed by atoms with Gasteiger partial charge in [0.15, 0.2) is 0 Å². The molecule has 0 saturated carbocycles. The molecule has 2 rings (SSSR count). The maximum absolute atomic E-state index is 4.79. The highest BCUT2D eigenvalue weighted by atomic mass is 15.2. The number of hydrogen-bond donors (Lipinski definition) is 0. The van der Waals surface area contributed by atoms with Gasteiger partial charge >= 0.3 is 0 Å². The zero-order chi connectivity index (χ0) is 15.4. The molecule has 2 nitrogen and oxygen atoms in total. The number of pyridine rings is 1. The van der Waals surface area contributed by atoms with Gasteiger partial charge in [0.25, 0.3) is 0 Å². The van der Waals surface area contributed by atoms with Crippen LogP contribution in [0.15, 0.2) is 24.5 Å². The summed E-state index contributed by atoms with van der Waals surface area (Å²) in [6, 6.07) is 2.88. The largest absolute Gasteiger partial charge is 0.327 e. The van der Waals surface area contributed by atoms with Gasteiger partial charge in [-0.25, -0.2) is 4.98 Å². The van der Waals surface area contributed by atoms with Crippen LogP contribution in [0.3, 0.4) is 0 Å². The summed E-state index contributed by atoms with van der Waals surface area (Å²) in [4.78, 5) is 7.22. The van der Waals surface area contributed by atoms with E-state index < -0.39 is 0 Å². The molecule has 1 aromatic rings. The quantitative estimate of drug-likeness (QED) is 0.721. The monoisotopic (exact) mass is 286 g/mol. The summed E-state index contributed by atoms with van der Waals surface area (Å²) in [5.74, 6) is 1.92. The van der Waals surface area contributed by atoms with Gasteiger partial charge in [0, 0.05) is 17.9 Å². The van der Waals surface area contributed by atoms with Crippen LogP contribution in [0, 0.1) is 5.92 Å². The molecule has 2 heteroatoms. The molecule has 1 aliphatic rings. The van der Waals surface area contributed by atoms with E-state index in [2.05, 4.69) is 45.2 Å². The van der Waals surface area contributed by atoms with Gasteiger partial charge in [0.1, 0.15) is 5.82 Å². The Morgan fingerprint density at radius 3 is 2.62 bits per heavy atom. The van der Waals surface area contributed by atoms with E-state index in [9.17, 15) is 0 Å². The number of allylic oxidation sites excluding steroid dienone is 1. The normalized spacial score (nSPS) is 17.5.